The van der Waals surface area contributed by atoms with Crippen molar-refractivity contribution < 1.29 is 9.53 Å². The van der Waals surface area contributed by atoms with Crippen LogP contribution in [0.4, 0.5) is 5.69 Å². The summed E-state index contributed by atoms with van der Waals surface area (Å²) in [5.74, 6) is 0.547. The third-order valence-electron chi connectivity index (χ3n) is 4.62. The first-order valence-corrected chi connectivity index (χ1v) is 9.31. The lowest BCUT2D eigenvalue weighted by molar-refractivity contribution is 0.102. The molecule has 29 heavy (non-hydrogen) atoms. The van der Waals surface area contributed by atoms with E-state index in [9.17, 15) is 4.79 Å². The predicted octanol–water partition coefficient (Wildman–Crippen LogP) is 5.11. The van der Waals surface area contributed by atoms with Gasteiger partial charge in [0, 0.05) is 17.4 Å². The van der Waals surface area contributed by atoms with E-state index >= 15 is 0 Å². The summed E-state index contributed by atoms with van der Waals surface area (Å²) in [6, 6.07) is 25.0. The number of carbonyl (C=O) groups is 1. The molecule has 0 saturated carbocycles. The van der Waals surface area contributed by atoms with Gasteiger partial charge < -0.3 is 10.1 Å². The van der Waals surface area contributed by atoms with Gasteiger partial charge in [-0.3, -0.25) is 4.79 Å². The monoisotopic (exact) mass is 383 g/mol. The maximum absolute atomic E-state index is 13.1. The zero-order chi connectivity index (χ0) is 20.2. The van der Waals surface area contributed by atoms with E-state index in [4.69, 9.17) is 9.84 Å². The van der Waals surface area contributed by atoms with Gasteiger partial charge in [-0.15, -0.1) is 0 Å². The number of aromatic nitrogens is 2. The molecule has 0 atom stereocenters. The number of hydrogen-bond acceptors (Lipinski definition) is 3. The fourth-order valence-electron chi connectivity index (χ4n) is 3.14. The first-order chi connectivity index (χ1) is 14.1. The van der Waals surface area contributed by atoms with E-state index in [1.807, 2.05) is 85.8 Å². The molecule has 144 valence electrons. The van der Waals surface area contributed by atoms with Crippen molar-refractivity contribution in [1.29, 1.82) is 0 Å². The topological polar surface area (TPSA) is 56.2 Å². The van der Waals surface area contributed by atoms with Crippen LogP contribution in [-0.4, -0.2) is 22.8 Å². The van der Waals surface area contributed by atoms with Crippen LogP contribution in [-0.2, 0) is 0 Å². The summed E-state index contributed by atoms with van der Waals surface area (Å²) in [5, 5.41) is 7.68. The SMILES string of the molecule is COc1ccc(-c2nn(-c3ccccc3)cc2C(=O)Nc2cccc(C)c2)cc1. The van der Waals surface area contributed by atoms with Gasteiger partial charge in [-0.05, 0) is 61.0 Å². The molecule has 0 aliphatic heterocycles. The van der Waals surface area contributed by atoms with E-state index in [2.05, 4.69) is 5.32 Å². The molecule has 0 fully saturated rings. The number of nitrogens with one attached hydrogen (secondary N) is 1. The van der Waals surface area contributed by atoms with Crippen LogP contribution in [0.15, 0.2) is 85.1 Å². The number of ether oxygens (including phenoxy) is 1. The van der Waals surface area contributed by atoms with Crippen LogP contribution in [0.25, 0.3) is 16.9 Å². The minimum atomic E-state index is -0.205. The zero-order valence-electron chi connectivity index (χ0n) is 16.3. The lowest BCUT2D eigenvalue weighted by atomic mass is 10.1. The molecular formula is C24H21N3O2. The summed E-state index contributed by atoms with van der Waals surface area (Å²) < 4.78 is 6.97. The van der Waals surface area contributed by atoms with Gasteiger partial charge in [-0.1, -0.05) is 30.3 Å². The molecule has 1 heterocycles. The molecule has 3 aromatic carbocycles. The second kappa shape index (κ2) is 8.02. The Bertz CT molecular complexity index is 1130. The van der Waals surface area contributed by atoms with E-state index in [1.54, 1.807) is 18.0 Å². The summed E-state index contributed by atoms with van der Waals surface area (Å²) in [7, 11) is 1.62. The normalized spacial score (nSPS) is 10.6. The molecule has 0 aliphatic carbocycles. The number of aryl methyl sites for hydroxylation is 1. The summed E-state index contributed by atoms with van der Waals surface area (Å²) in [6.07, 6.45) is 1.76. The average molecular weight is 383 g/mol. The zero-order valence-corrected chi connectivity index (χ0v) is 16.3. The van der Waals surface area contributed by atoms with Gasteiger partial charge in [0.15, 0.2) is 0 Å². The number of hydrogen-bond donors (Lipinski definition) is 1. The first kappa shape index (κ1) is 18.5. The molecule has 1 N–H and O–H groups in total. The van der Waals surface area contributed by atoms with Crippen molar-refractivity contribution >= 4 is 11.6 Å². The highest BCUT2D eigenvalue weighted by molar-refractivity contribution is 6.08. The van der Waals surface area contributed by atoms with Crippen LogP contribution in [0.3, 0.4) is 0 Å². The van der Waals surface area contributed by atoms with Gasteiger partial charge in [0.2, 0.25) is 0 Å². The number of anilines is 1. The summed E-state index contributed by atoms with van der Waals surface area (Å²) in [4.78, 5) is 13.1. The Balaban J connectivity index is 1.75. The third-order valence-corrected chi connectivity index (χ3v) is 4.62. The maximum atomic E-state index is 13.1. The lowest BCUT2D eigenvalue weighted by Crippen LogP contribution is -2.12. The molecule has 1 aromatic heterocycles. The minimum absolute atomic E-state index is 0.205. The summed E-state index contributed by atoms with van der Waals surface area (Å²) in [6.45, 7) is 1.99. The van der Waals surface area contributed by atoms with Crippen molar-refractivity contribution in [3.63, 3.8) is 0 Å². The summed E-state index contributed by atoms with van der Waals surface area (Å²) in [5.41, 5.74) is 4.68. The predicted molar refractivity (Wildman–Crippen MR) is 115 cm³/mol. The Labute approximate surface area is 169 Å². The van der Waals surface area contributed by atoms with Crippen LogP contribution in [0.5, 0.6) is 5.75 Å². The molecule has 0 bridgehead atoms. The Morgan fingerprint density at radius 2 is 1.72 bits per heavy atom. The number of para-hydroxylation sites is 1. The Kier molecular flexibility index (Phi) is 5.12. The molecule has 0 unspecified atom stereocenters. The maximum Gasteiger partial charge on any atom is 0.259 e. The van der Waals surface area contributed by atoms with Crippen LogP contribution in [0, 0.1) is 6.92 Å². The second-order valence-corrected chi connectivity index (χ2v) is 6.72. The third kappa shape index (κ3) is 4.04. The quantitative estimate of drug-likeness (QED) is 0.521. The van der Waals surface area contributed by atoms with Gasteiger partial charge in [0.05, 0.1) is 18.4 Å². The molecule has 1 amide bonds. The number of amides is 1. The van der Waals surface area contributed by atoms with Crippen molar-refractivity contribution in [3.8, 4) is 22.7 Å². The largest absolute Gasteiger partial charge is 0.497 e. The second-order valence-electron chi connectivity index (χ2n) is 6.72. The molecule has 0 spiro atoms. The molecule has 5 heteroatoms. The van der Waals surface area contributed by atoms with E-state index in [-0.39, 0.29) is 5.91 Å². The van der Waals surface area contributed by atoms with E-state index in [0.717, 1.165) is 28.3 Å². The van der Waals surface area contributed by atoms with Crippen LogP contribution in [0.1, 0.15) is 15.9 Å². The highest BCUT2D eigenvalue weighted by atomic mass is 16.5. The van der Waals surface area contributed by atoms with Crippen molar-refractivity contribution in [2.24, 2.45) is 0 Å². The van der Waals surface area contributed by atoms with Crippen molar-refractivity contribution in [1.82, 2.24) is 9.78 Å². The van der Waals surface area contributed by atoms with Gasteiger partial charge in [-0.2, -0.15) is 5.10 Å². The van der Waals surface area contributed by atoms with E-state index < -0.39 is 0 Å². The molecule has 4 aromatic rings. The lowest BCUT2D eigenvalue weighted by Gasteiger charge is -2.07. The molecular weight excluding hydrogens is 362 g/mol. The van der Waals surface area contributed by atoms with Crippen molar-refractivity contribution in [2.75, 3.05) is 12.4 Å². The van der Waals surface area contributed by atoms with Gasteiger partial charge in [-0.25, -0.2) is 4.68 Å². The van der Waals surface area contributed by atoms with Gasteiger partial charge >= 0.3 is 0 Å². The molecule has 0 aliphatic rings. The number of nitrogens with zero attached hydrogens (tertiary/aromatic N) is 2. The Morgan fingerprint density at radius 1 is 0.966 bits per heavy atom. The number of carbonyl (C=O) groups excluding carboxylic acids is 1. The smallest absolute Gasteiger partial charge is 0.259 e. The molecule has 0 saturated heterocycles. The Hall–Kier alpha value is -3.86. The highest BCUT2D eigenvalue weighted by Gasteiger charge is 2.19. The minimum Gasteiger partial charge on any atom is -0.497 e. The van der Waals surface area contributed by atoms with E-state index in [0.29, 0.717) is 11.3 Å². The van der Waals surface area contributed by atoms with Crippen molar-refractivity contribution in [3.05, 3.63) is 96.2 Å². The van der Waals surface area contributed by atoms with Crippen LogP contribution < -0.4 is 10.1 Å². The van der Waals surface area contributed by atoms with Crippen molar-refractivity contribution in [2.45, 2.75) is 6.92 Å². The molecule has 4 rings (SSSR count). The van der Waals surface area contributed by atoms with Crippen LogP contribution in [0.2, 0.25) is 0 Å². The van der Waals surface area contributed by atoms with Gasteiger partial charge in [0.25, 0.3) is 5.91 Å². The van der Waals surface area contributed by atoms with Crippen LogP contribution >= 0.6 is 0 Å². The fourth-order valence-corrected chi connectivity index (χ4v) is 3.14. The number of rotatable bonds is 5. The number of benzene rings is 3. The summed E-state index contributed by atoms with van der Waals surface area (Å²) >= 11 is 0. The Morgan fingerprint density at radius 3 is 2.41 bits per heavy atom. The van der Waals surface area contributed by atoms with E-state index in [1.165, 1.54) is 0 Å². The molecule has 5 nitrogen and oxygen atoms in total. The standard InChI is InChI=1S/C24H21N3O2/c1-17-7-6-8-19(15-17)25-24(28)22-16-27(20-9-4-3-5-10-20)26-23(22)18-11-13-21(29-2)14-12-18/h3-16H,1-2H3,(H,25,28). The molecule has 0 radical (unpaired) electrons. The number of methoxy groups -OCH3 is 1. The highest BCUT2D eigenvalue weighted by Crippen LogP contribution is 2.26. The van der Waals surface area contributed by atoms with Gasteiger partial charge in [0.1, 0.15) is 11.4 Å². The average Bonchev–Trinajstić information content (AvgIpc) is 3.20. The fraction of sp³-hybridized carbons (Fsp3) is 0.0833. The first-order valence-electron chi connectivity index (χ1n) is 9.31.